The average molecular weight is 345 g/mol. The highest BCUT2D eigenvalue weighted by atomic mass is 79.9. The maximum absolute atomic E-state index is 13.4. The lowest BCUT2D eigenvalue weighted by atomic mass is 10.0. The Labute approximate surface area is 124 Å². The molecule has 0 spiro atoms. The van der Waals surface area contributed by atoms with Gasteiger partial charge in [-0.05, 0) is 51.7 Å². The summed E-state index contributed by atoms with van der Waals surface area (Å²) < 4.78 is 14.3. The highest BCUT2D eigenvalue weighted by molar-refractivity contribution is 9.10. The van der Waals surface area contributed by atoms with E-state index in [0.717, 1.165) is 15.6 Å². The lowest BCUT2D eigenvalue weighted by Crippen LogP contribution is -2.29. The third kappa shape index (κ3) is 3.73. The van der Waals surface area contributed by atoms with E-state index in [4.69, 9.17) is 17.4 Å². The third-order valence-electron chi connectivity index (χ3n) is 2.75. The lowest BCUT2D eigenvalue weighted by Gasteiger charge is -2.16. The topological polar surface area (TPSA) is 50.9 Å². The number of aromatic nitrogens is 1. The van der Waals surface area contributed by atoms with Crippen molar-refractivity contribution in [3.05, 3.63) is 63.1 Å². The van der Waals surface area contributed by atoms with Gasteiger partial charge in [0.1, 0.15) is 5.82 Å². The Balaban J connectivity index is 2.21. The van der Waals surface area contributed by atoms with Crippen molar-refractivity contribution in [3.8, 4) is 0 Å². The maximum Gasteiger partial charge on any atom is 0.142 e. The smallest absolute Gasteiger partial charge is 0.142 e. The molecule has 0 aliphatic carbocycles. The molecule has 19 heavy (non-hydrogen) atoms. The summed E-state index contributed by atoms with van der Waals surface area (Å²) in [5.41, 5.74) is 4.45. The van der Waals surface area contributed by atoms with Gasteiger partial charge in [0.2, 0.25) is 0 Å². The Morgan fingerprint density at radius 3 is 2.79 bits per heavy atom. The Morgan fingerprint density at radius 2 is 2.16 bits per heavy atom. The van der Waals surface area contributed by atoms with Crippen molar-refractivity contribution >= 4 is 27.5 Å². The van der Waals surface area contributed by atoms with Gasteiger partial charge in [0.25, 0.3) is 0 Å². The van der Waals surface area contributed by atoms with Crippen LogP contribution < -0.4 is 11.3 Å². The number of hydrogen-bond donors (Lipinski definition) is 2. The SMILES string of the molecule is NNC(Cc1ccc(Cl)c(F)c1)c1cncc(Br)c1. The van der Waals surface area contributed by atoms with Crippen molar-refractivity contribution in [1.29, 1.82) is 0 Å². The molecule has 0 fully saturated rings. The van der Waals surface area contributed by atoms with Crippen molar-refractivity contribution in [2.24, 2.45) is 5.84 Å². The van der Waals surface area contributed by atoms with Crippen LogP contribution in [0, 0.1) is 5.82 Å². The van der Waals surface area contributed by atoms with Gasteiger partial charge in [-0.1, -0.05) is 17.7 Å². The monoisotopic (exact) mass is 343 g/mol. The Kier molecular flexibility index (Phi) is 4.87. The largest absolute Gasteiger partial charge is 0.271 e. The van der Waals surface area contributed by atoms with Gasteiger partial charge in [-0.2, -0.15) is 0 Å². The normalized spacial score (nSPS) is 12.4. The van der Waals surface area contributed by atoms with E-state index in [1.165, 1.54) is 6.07 Å². The van der Waals surface area contributed by atoms with Crippen molar-refractivity contribution in [2.45, 2.75) is 12.5 Å². The molecule has 0 aliphatic heterocycles. The van der Waals surface area contributed by atoms with Crippen LogP contribution in [-0.4, -0.2) is 4.98 Å². The van der Waals surface area contributed by atoms with E-state index in [1.807, 2.05) is 6.07 Å². The van der Waals surface area contributed by atoms with Crippen LogP contribution in [0.2, 0.25) is 5.02 Å². The number of halogens is 3. The second-order valence-corrected chi connectivity index (χ2v) is 5.43. The summed E-state index contributed by atoms with van der Waals surface area (Å²) in [7, 11) is 0. The molecule has 2 rings (SSSR count). The van der Waals surface area contributed by atoms with Crippen LogP contribution in [-0.2, 0) is 6.42 Å². The van der Waals surface area contributed by atoms with Gasteiger partial charge in [0, 0.05) is 16.9 Å². The molecule has 1 aromatic carbocycles. The molecular weight excluding hydrogens is 333 g/mol. The third-order valence-corrected chi connectivity index (χ3v) is 3.49. The zero-order valence-corrected chi connectivity index (χ0v) is 12.2. The van der Waals surface area contributed by atoms with Gasteiger partial charge in [0.05, 0.1) is 11.1 Å². The van der Waals surface area contributed by atoms with Crippen LogP contribution in [0.15, 0.2) is 41.1 Å². The molecule has 0 saturated carbocycles. The van der Waals surface area contributed by atoms with E-state index >= 15 is 0 Å². The Bertz CT molecular complexity index is 580. The minimum atomic E-state index is -0.428. The number of nitrogens with two attached hydrogens (primary N) is 1. The van der Waals surface area contributed by atoms with E-state index < -0.39 is 5.82 Å². The molecule has 0 radical (unpaired) electrons. The Hall–Kier alpha value is -1.01. The van der Waals surface area contributed by atoms with Crippen LogP contribution in [0.5, 0.6) is 0 Å². The highest BCUT2D eigenvalue weighted by Gasteiger charge is 2.12. The summed E-state index contributed by atoms with van der Waals surface area (Å²) >= 11 is 9.02. The molecule has 0 amide bonds. The first-order chi connectivity index (χ1) is 9.10. The first-order valence-corrected chi connectivity index (χ1v) is 6.77. The van der Waals surface area contributed by atoms with Crippen LogP contribution in [0.1, 0.15) is 17.2 Å². The summed E-state index contributed by atoms with van der Waals surface area (Å²) in [6.45, 7) is 0. The first kappa shape index (κ1) is 14.4. The second-order valence-electron chi connectivity index (χ2n) is 4.11. The number of nitrogens with zero attached hydrogens (tertiary/aromatic N) is 1. The standard InChI is InChI=1S/C13H12BrClFN3/c14-10-5-9(6-18-7-10)13(19-17)4-8-1-2-11(15)12(16)3-8/h1-3,5-7,13,19H,4,17H2. The molecule has 1 heterocycles. The number of nitrogens with one attached hydrogen (secondary N) is 1. The van der Waals surface area contributed by atoms with E-state index in [-0.39, 0.29) is 11.1 Å². The molecular formula is C13H12BrClFN3. The summed E-state index contributed by atoms with van der Waals surface area (Å²) in [6.07, 6.45) is 3.96. The van der Waals surface area contributed by atoms with Crippen LogP contribution >= 0.6 is 27.5 Å². The van der Waals surface area contributed by atoms with Crippen molar-refractivity contribution in [2.75, 3.05) is 0 Å². The summed E-state index contributed by atoms with van der Waals surface area (Å²) in [5, 5.41) is 0.116. The zero-order chi connectivity index (χ0) is 13.8. The summed E-state index contributed by atoms with van der Waals surface area (Å²) in [5.74, 6) is 5.13. The summed E-state index contributed by atoms with van der Waals surface area (Å²) in [6, 6.07) is 6.51. The van der Waals surface area contributed by atoms with Crippen LogP contribution in [0.4, 0.5) is 4.39 Å². The summed E-state index contributed by atoms with van der Waals surface area (Å²) in [4.78, 5) is 4.09. The van der Waals surface area contributed by atoms with E-state index in [1.54, 1.807) is 24.5 Å². The number of hydrazine groups is 1. The van der Waals surface area contributed by atoms with Crippen LogP contribution in [0.25, 0.3) is 0 Å². The van der Waals surface area contributed by atoms with Gasteiger partial charge < -0.3 is 0 Å². The van der Waals surface area contributed by atoms with Crippen LogP contribution in [0.3, 0.4) is 0 Å². The van der Waals surface area contributed by atoms with E-state index in [9.17, 15) is 4.39 Å². The van der Waals surface area contributed by atoms with Crippen molar-refractivity contribution < 1.29 is 4.39 Å². The highest BCUT2D eigenvalue weighted by Crippen LogP contribution is 2.22. The molecule has 1 unspecified atom stereocenters. The van der Waals surface area contributed by atoms with Crippen molar-refractivity contribution in [1.82, 2.24) is 10.4 Å². The number of hydrogen-bond acceptors (Lipinski definition) is 3. The quantitative estimate of drug-likeness (QED) is 0.660. The molecule has 0 aliphatic rings. The molecule has 100 valence electrons. The molecule has 0 saturated heterocycles. The molecule has 2 aromatic rings. The van der Waals surface area contributed by atoms with Gasteiger partial charge in [0.15, 0.2) is 0 Å². The first-order valence-electron chi connectivity index (χ1n) is 5.60. The van der Waals surface area contributed by atoms with Gasteiger partial charge in [-0.3, -0.25) is 16.3 Å². The fourth-order valence-electron chi connectivity index (χ4n) is 1.79. The molecule has 1 atom stereocenters. The number of rotatable bonds is 4. The second kappa shape index (κ2) is 6.43. The minimum Gasteiger partial charge on any atom is -0.271 e. The molecule has 0 bridgehead atoms. The predicted octanol–water partition coefficient (Wildman–Crippen LogP) is 3.38. The predicted molar refractivity (Wildman–Crippen MR) is 77.1 cm³/mol. The lowest BCUT2D eigenvalue weighted by molar-refractivity contribution is 0.547. The zero-order valence-electron chi connectivity index (χ0n) is 9.91. The average Bonchev–Trinajstić information content (AvgIpc) is 2.40. The van der Waals surface area contributed by atoms with E-state index in [0.29, 0.717) is 6.42 Å². The molecule has 6 heteroatoms. The van der Waals surface area contributed by atoms with Gasteiger partial charge >= 0.3 is 0 Å². The number of benzene rings is 1. The Morgan fingerprint density at radius 1 is 1.37 bits per heavy atom. The fraction of sp³-hybridized carbons (Fsp3) is 0.154. The van der Waals surface area contributed by atoms with Gasteiger partial charge in [-0.25, -0.2) is 4.39 Å². The van der Waals surface area contributed by atoms with E-state index in [2.05, 4.69) is 26.3 Å². The van der Waals surface area contributed by atoms with Gasteiger partial charge in [-0.15, -0.1) is 0 Å². The number of pyridine rings is 1. The molecule has 3 nitrogen and oxygen atoms in total. The fourth-order valence-corrected chi connectivity index (χ4v) is 2.29. The minimum absolute atomic E-state index is 0.116. The maximum atomic E-state index is 13.4. The molecule has 1 aromatic heterocycles. The van der Waals surface area contributed by atoms with Crippen molar-refractivity contribution in [3.63, 3.8) is 0 Å². The molecule has 3 N–H and O–H groups in total.